The number of rotatable bonds is 5. The lowest BCUT2D eigenvalue weighted by Gasteiger charge is -2.43. The molecule has 2 N–H and O–H groups in total. The average molecular weight is 306 g/mol. The fourth-order valence-electron chi connectivity index (χ4n) is 1.13. The van der Waals surface area contributed by atoms with Crippen LogP contribution in [0.15, 0.2) is 0 Å². The Hall–Kier alpha value is 0.314. The Morgan fingerprint density at radius 1 is 0.789 bits per heavy atom. The van der Waals surface area contributed by atoms with E-state index in [0.717, 1.165) is 0 Å². The lowest BCUT2D eigenvalue weighted by Crippen LogP contribution is -2.52. The highest BCUT2D eigenvalue weighted by molar-refractivity contribution is 6.75. The Morgan fingerprint density at radius 3 is 1.21 bits per heavy atom. The van der Waals surface area contributed by atoms with Gasteiger partial charge in [-0.1, -0.05) is 41.5 Å². The molecule has 3 nitrogen and oxygen atoms in total. The lowest BCUT2D eigenvalue weighted by molar-refractivity contribution is -0.00872. The van der Waals surface area contributed by atoms with Gasteiger partial charge in [0.2, 0.25) is 0 Å². The molecule has 0 radical (unpaired) electrons. The Labute approximate surface area is 122 Å². The van der Waals surface area contributed by atoms with E-state index in [1.165, 1.54) is 0 Å². The Morgan fingerprint density at radius 2 is 1.05 bits per heavy atom. The first-order valence-corrected chi connectivity index (χ1v) is 13.0. The smallest absolute Gasteiger partial charge is 0.195 e. The van der Waals surface area contributed by atoms with Crippen molar-refractivity contribution in [2.75, 3.05) is 6.54 Å². The normalized spacial score (nSPS) is 15.2. The van der Waals surface area contributed by atoms with Gasteiger partial charge in [0, 0.05) is 6.54 Å². The van der Waals surface area contributed by atoms with Crippen molar-refractivity contribution in [3.05, 3.63) is 0 Å². The van der Waals surface area contributed by atoms with Gasteiger partial charge >= 0.3 is 0 Å². The van der Waals surface area contributed by atoms with Gasteiger partial charge in [0.25, 0.3) is 0 Å². The molecule has 0 saturated carbocycles. The van der Waals surface area contributed by atoms with Crippen molar-refractivity contribution in [1.82, 2.24) is 0 Å². The van der Waals surface area contributed by atoms with Crippen molar-refractivity contribution in [2.24, 2.45) is 5.73 Å². The Balaban J connectivity index is 4.90. The van der Waals surface area contributed by atoms with E-state index >= 15 is 0 Å². The van der Waals surface area contributed by atoms with Crippen LogP contribution in [0.1, 0.15) is 41.5 Å². The summed E-state index contributed by atoms with van der Waals surface area (Å²) in [6, 6.07) is 0. The topological polar surface area (TPSA) is 44.5 Å². The summed E-state index contributed by atoms with van der Waals surface area (Å²) in [4.78, 5) is 0. The largest absolute Gasteiger partial charge is 0.392 e. The summed E-state index contributed by atoms with van der Waals surface area (Å²) in [6.45, 7) is 22.8. The summed E-state index contributed by atoms with van der Waals surface area (Å²) < 4.78 is 12.6. The minimum absolute atomic E-state index is 0.178. The first kappa shape index (κ1) is 19.3. The Kier molecular flexibility index (Phi) is 6.07. The van der Waals surface area contributed by atoms with E-state index in [-0.39, 0.29) is 16.4 Å². The van der Waals surface area contributed by atoms with E-state index in [1.807, 2.05) is 0 Å². The van der Waals surface area contributed by atoms with Crippen LogP contribution in [0.2, 0.25) is 36.3 Å². The van der Waals surface area contributed by atoms with Crippen LogP contribution in [0.25, 0.3) is 0 Å². The molecule has 0 spiro atoms. The third kappa shape index (κ3) is 5.30. The highest BCUT2D eigenvalue weighted by Crippen LogP contribution is 2.40. The van der Waals surface area contributed by atoms with Crippen LogP contribution in [0.4, 0.5) is 0 Å². The van der Waals surface area contributed by atoms with Crippen molar-refractivity contribution in [3.8, 4) is 0 Å². The SMILES string of the molecule is CC(C)(C)[Si](C)(C)OC(CN)O[Si](C)(C)C(C)(C)C. The van der Waals surface area contributed by atoms with E-state index in [1.54, 1.807) is 0 Å². The Bertz CT molecular complexity index is 263. The van der Waals surface area contributed by atoms with Crippen molar-refractivity contribution < 1.29 is 8.85 Å². The zero-order valence-corrected chi connectivity index (χ0v) is 16.7. The van der Waals surface area contributed by atoms with Gasteiger partial charge < -0.3 is 14.6 Å². The first-order valence-electron chi connectivity index (χ1n) is 7.20. The van der Waals surface area contributed by atoms with Gasteiger partial charge in [0.15, 0.2) is 16.6 Å². The van der Waals surface area contributed by atoms with Crippen LogP contribution >= 0.6 is 0 Å². The van der Waals surface area contributed by atoms with Gasteiger partial charge in [-0.3, -0.25) is 0 Å². The molecule has 0 amide bonds. The van der Waals surface area contributed by atoms with Crippen molar-refractivity contribution in [3.63, 3.8) is 0 Å². The van der Waals surface area contributed by atoms with Crippen LogP contribution in [0.5, 0.6) is 0 Å². The third-order valence-electron chi connectivity index (χ3n) is 4.66. The van der Waals surface area contributed by atoms with Crippen molar-refractivity contribution in [2.45, 2.75) is 84.1 Å². The molecule has 0 aromatic rings. The molecule has 0 aliphatic rings. The van der Waals surface area contributed by atoms with Gasteiger partial charge in [-0.2, -0.15) is 0 Å². The molecular weight excluding hydrogens is 270 g/mol. The molecule has 0 bridgehead atoms. The molecule has 5 heteroatoms. The molecule has 0 aromatic carbocycles. The van der Waals surface area contributed by atoms with Gasteiger partial charge in [-0.25, -0.2) is 0 Å². The maximum Gasteiger partial charge on any atom is 0.195 e. The van der Waals surface area contributed by atoms with Gasteiger partial charge in [-0.05, 0) is 36.3 Å². The molecule has 0 aliphatic carbocycles. The predicted molar refractivity (Wildman–Crippen MR) is 89.4 cm³/mol. The monoisotopic (exact) mass is 305 g/mol. The van der Waals surface area contributed by atoms with E-state index in [0.29, 0.717) is 6.54 Å². The molecule has 0 fully saturated rings. The molecule has 19 heavy (non-hydrogen) atoms. The lowest BCUT2D eigenvalue weighted by atomic mass is 10.2. The van der Waals surface area contributed by atoms with E-state index in [9.17, 15) is 0 Å². The highest BCUT2D eigenvalue weighted by atomic mass is 28.4. The van der Waals surface area contributed by atoms with Crippen LogP contribution in [-0.4, -0.2) is 29.5 Å². The highest BCUT2D eigenvalue weighted by Gasteiger charge is 2.43. The fraction of sp³-hybridized carbons (Fsp3) is 1.00. The van der Waals surface area contributed by atoms with Gasteiger partial charge in [0.1, 0.15) is 6.29 Å². The molecule has 0 rings (SSSR count). The van der Waals surface area contributed by atoms with E-state index in [4.69, 9.17) is 14.6 Å². The molecule has 0 heterocycles. The quantitative estimate of drug-likeness (QED) is 0.608. The van der Waals surface area contributed by atoms with Crippen LogP contribution < -0.4 is 5.73 Å². The molecular formula is C14H35NO2Si2. The molecule has 0 unspecified atom stereocenters. The van der Waals surface area contributed by atoms with Crippen molar-refractivity contribution >= 4 is 16.6 Å². The summed E-state index contributed by atoms with van der Waals surface area (Å²) in [5.74, 6) is 0. The molecule has 0 aromatic heterocycles. The minimum Gasteiger partial charge on any atom is -0.392 e. The third-order valence-corrected chi connectivity index (χ3v) is 13.6. The first-order chi connectivity index (χ1) is 8.14. The molecule has 0 atom stereocenters. The summed E-state index contributed by atoms with van der Waals surface area (Å²) in [5, 5.41) is 0.356. The standard InChI is InChI=1S/C14H35NO2Si2/c1-13(2,3)18(7,8)16-12(11-15)17-19(9,10)14(4,5)6/h12H,11,15H2,1-10H3. The number of nitrogens with two attached hydrogens (primary N) is 1. The number of hydrogen-bond donors (Lipinski definition) is 1. The second-order valence-corrected chi connectivity index (χ2v) is 17.9. The minimum atomic E-state index is -1.83. The summed E-state index contributed by atoms with van der Waals surface area (Å²) in [5.41, 5.74) is 5.87. The second-order valence-electron chi connectivity index (χ2n) is 8.42. The zero-order valence-electron chi connectivity index (χ0n) is 14.7. The van der Waals surface area contributed by atoms with Crippen LogP contribution in [0.3, 0.4) is 0 Å². The van der Waals surface area contributed by atoms with Crippen LogP contribution in [0, 0.1) is 0 Å². The van der Waals surface area contributed by atoms with Gasteiger partial charge in [0.05, 0.1) is 0 Å². The molecule has 0 aliphatic heterocycles. The number of hydrogen-bond acceptors (Lipinski definition) is 3. The maximum absolute atomic E-state index is 6.31. The molecule has 0 saturated heterocycles. The van der Waals surface area contributed by atoms with E-state index in [2.05, 4.69) is 67.7 Å². The molecule has 116 valence electrons. The van der Waals surface area contributed by atoms with Crippen molar-refractivity contribution in [1.29, 1.82) is 0 Å². The average Bonchev–Trinajstić information content (AvgIpc) is 2.12. The maximum atomic E-state index is 6.31. The zero-order chi connectivity index (χ0) is 15.7. The summed E-state index contributed by atoms with van der Waals surface area (Å²) in [7, 11) is -3.66. The van der Waals surface area contributed by atoms with Crippen LogP contribution in [-0.2, 0) is 8.85 Å². The second kappa shape index (κ2) is 5.97. The predicted octanol–water partition coefficient (Wildman–Crippen LogP) is 4.31. The summed E-state index contributed by atoms with van der Waals surface area (Å²) in [6.07, 6.45) is -0.262. The fourth-order valence-corrected chi connectivity index (χ4v) is 3.54. The summed E-state index contributed by atoms with van der Waals surface area (Å²) >= 11 is 0. The van der Waals surface area contributed by atoms with E-state index < -0.39 is 16.6 Å². The van der Waals surface area contributed by atoms with Gasteiger partial charge in [-0.15, -0.1) is 0 Å².